The van der Waals surface area contributed by atoms with Gasteiger partial charge in [0.15, 0.2) is 9.84 Å². The van der Waals surface area contributed by atoms with Crippen LogP contribution in [0.5, 0.6) is 0 Å². The van der Waals surface area contributed by atoms with Crippen LogP contribution in [0.15, 0.2) is 22.8 Å². The molecule has 0 spiro atoms. The van der Waals surface area contributed by atoms with Gasteiger partial charge in [-0.1, -0.05) is 0 Å². The highest BCUT2D eigenvalue weighted by Gasteiger charge is 2.18. The molecule has 1 aliphatic carbocycles. The first kappa shape index (κ1) is 16.2. The molecule has 0 heterocycles. The van der Waals surface area contributed by atoms with Gasteiger partial charge in [0, 0.05) is 17.6 Å². The van der Waals surface area contributed by atoms with Gasteiger partial charge in [0.2, 0.25) is 0 Å². The Morgan fingerprint density at radius 3 is 2.37 bits per heavy atom. The van der Waals surface area contributed by atoms with E-state index in [0.717, 1.165) is 0 Å². The van der Waals surface area contributed by atoms with Gasteiger partial charge in [-0.15, -0.1) is 0 Å². The van der Waals surface area contributed by atoms with Gasteiger partial charge in [-0.05, 0) is 46.3 Å². The summed E-state index contributed by atoms with van der Waals surface area (Å²) in [6.45, 7) is 8.40. The van der Waals surface area contributed by atoms with Crippen molar-refractivity contribution in [3.05, 3.63) is 29.2 Å². The van der Waals surface area contributed by atoms with Crippen molar-refractivity contribution in [3.8, 4) is 0 Å². The lowest BCUT2D eigenvalue weighted by atomic mass is 10.1. The lowest BCUT2D eigenvalue weighted by molar-refractivity contribution is -0.0510. The van der Waals surface area contributed by atoms with Crippen LogP contribution in [-0.2, 0) is 19.3 Å². The van der Waals surface area contributed by atoms with Gasteiger partial charge in [0.1, 0.15) is 11.9 Å². The molecular weight excluding hydrogens is 264 g/mol. The molecule has 0 N–H and O–H groups in total. The van der Waals surface area contributed by atoms with Crippen molar-refractivity contribution in [1.82, 2.24) is 0 Å². The topological polar surface area (TPSA) is 52.6 Å². The van der Waals surface area contributed by atoms with Gasteiger partial charge >= 0.3 is 0 Å². The minimum atomic E-state index is -3.10. The van der Waals surface area contributed by atoms with E-state index in [2.05, 4.69) is 0 Å². The van der Waals surface area contributed by atoms with E-state index >= 15 is 0 Å². The Bertz CT molecular complexity index is 466. The van der Waals surface area contributed by atoms with Crippen molar-refractivity contribution in [2.75, 3.05) is 12.9 Å². The van der Waals surface area contributed by atoms with Gasteiger partial charge < -0.3 is 9.47 Å². The maximum Gasteiger partial charge on any atom is 0.171 e. The van der Waals surface area contributed by atoms with Gasteiger partial charge in [-0.3, -0.25) is 0 Å². The monoisotopic (exact) mass is 287 g/mol. The van der Waals surface area contributed by atoms with Crippen molar-refractivity contribution < 1.29 is 17.9 Å². The van der Waals surface area contributed by atoms with E-state index in [1.54, 1.807) is 18.6 Å². The Labute approximate surface area is 116 Å². The van der Waals surface area contributed by atoms with Crippen LogP contribution in [0, 0.1) is 6.42 Å². The van der Waals surface area contributed by atoms with Crippen molar-refractivity contribution in [2.45, 2.75) is 45.8 Å². The van der Waals surface area contributed by atoms with Crippen LogP contribution in [0.3, 0.4) is 0 Å². The molecule has 0 aromatic rings. The summed E-state index contributed by atoms with van der Waals surface area (Å²) >= 11 is 0. The third-order valence-corrected chi connectivity index (χ3v) is 3.76. The van der Waals surface area contributed by atoms with Crippen LogP contribution >= 0.6 is 0 Å². The average Bonchev–Trinajstić information content (AvgIpc) is 2.25. The molecule has 0 aromatic heterocycles. The molecule has 1 radical (unpaired) electrons. The van der Waals surface area contributed by atoms with E-state index in [9.17, 15) is 8.42 Å². The first-order valence-corrected chi connectivity index (χ1v) is 8.22. The summed E-state index contributed by atoms with van der Waals surface area (Å²) in [7, 11) is -3.10. The maximum absolute atomic E-state index is 11.3. The quantitative estimate of drug-likeness (QED) is 0.780. The Kier molecular flexibility index (Phi) is 5.21. The first-order chi connectivity index (χ1) is 8.58. The Balaban J connectivity index is 2.51. The highest BCUT2D eigenvalue weighted by molar-refractivity contribution is 7.94. The normalized spacial score (nSPS) is 18.6. The summed E-state index contributed by atoms with van der Waals surface area (Å²) < 4.78 is 34.0. The van der Waals surface area contributed by atoms with Crippen molar-refractivity contribution >= 4 is 9.84 Å². The Morgan fingerprint density at radius 2 is 1.95 bits per heavy atom. The van der Waals surface area contributed by atoms with Crippen LogP contribution in [0.1, 0.15) is 34.1 Å². The number of ether oxygens (including phenoxy) is 2. The molecule has 0 aromatic carbocycles. The Hall–Kier alpha value is -0.810. The second-order valence-corrected chi connectivity index (χ2v) is 7.80. The SMILES string of the molecule is CC(COC(C)(C)C)OC1=CC=C(S(C)(=O)=O)C[CH]1. The van der Waals surface area contributed by atoms with Crippen LogP contribution in [0.25, 0.3) is 0 Å². The summed E-state index contributed by atoms with van der Waals surface area (Å²) in [5, 5.41) is 0. The Morgan fingerprint density at radius 1 is 1.32 bits per heavy atom. The average molecular weight is 287 g/mol. The number of allylic oxidation sites excluding steroid dienone is 4. The molecular formula is C14H23O4S. The summed E-state index contributed by atoms with van der Waals surface area (Å²) in [5.41, 5.74) is -0.189. The fourth-order valence-electron chi connectivity index (χ4n) is 1.51. The zero-order valence-electron chi connectivity index (χ0n) is 12.3. The van der Waals surface area contributed by atoms with E-state index in [0.29, 0.717) is 23.7 Å². The molecule has 1 unspecified atom stereocenters. The molecule has 4 nitrogen and oxygen atoms in total. The first-order valence-electron chi connectivity index (χ1n) is 6.33. The van der Waals surface area contributed by atoms with Crippen LogP contribution in [0.4, 0.5) is 0 Å². The second kappa shape index (κ2) is 6.09. The van der Waals surface area contributed by atoms with Crippen molar-refractivity contribution in [2.24, 2.45) is 0 Å². The molecule has 0 saturated heterocycles. The van der Waals surface area contributed by atoms with E-state index < -0.39 is 9.84 Å². The number of sulfone groups is 1. The largest absolute Gasteiger partial charge is 0.492 e. The van der Waals surface area contributed by atoms with Gasteiger partial charge in [0.25, 0.3) is 0 Å². The molecule has 0 amide bonds. The predicted octanol–water partition coefficient (Wildman–Crippen LogP) is 2.63. The van der Waals surface area contributed by atoms with Crippen LogP contribution in [-0.4, -0.2) is 33.0 Å². The molecule has 5 heteroatoms. The van der Waals surface area contributed by atoms with Gasteiger partial charge in [0.05, 0.1) is 12.2 Å². The van der Waals surface area contributed by atoms with Crippen molar-refractivity contribution in [1.29, 1.82) is 0 Å². The maximum atomic E-state index is 11.3. The molecule has 1 aliphatic rings. The molecule has 0 fully saturated rings. The lowest BCUT2D eigenvalue weighted by Gasteiger charge is -2.24. The second-order valence-electron chi connectivity index (χ2n) is 5.73. The number of hydrogen-bond donors (Lipinski definition) is 0. The predicted molar refractivity (Wildman–Crippen MR) is 76.2 cm³/mol. The third-order valence-electron chi connectivity index (χ3n) is 2.50. The van der Waals surface area contributed by atoms with Crippen LogP contribution in [0.2, 0.25) is 0 Å². The van der Waals surface area contributed by atoms with E-state index in [1.807, 2.05) is 27.7 Å². The van der Waals surface area contributed by atoms with Crippen molar-refractivity contribution in [3.63, 3.8) is 0 Å². The molecule has 109 valence electrons. The summed E-state index contributed by atoms with van der Waals surface area (Å²) in [6, 6.07) is 0. The molecule has 0 saturated carbocycles. The molecule has 1 atom stereocenters. The standard InChI is InChI=1S/C14H23O4S/c1-11(10-17-14(2,3)4)18-12-6-8-13(9-7-12)19(5,15)16/h6-8,11H,9-10H2,1-5H3. The van der Waals surface area contributed by atoms with E-state index in [-0.39, 0.29) is 11.7 Å². The number of rotatable bonds is 5. The minimum Gasteiger partial charge on any atom is -0.492 e. The molecule has 19 heavy (non-hydrogen) atoms. The fourth-order valence-corrected chi connectivity index (χ4v) is 2.21. The van der Waals surface area contributed by atoms with E-state index in [1.165, 1.54) is 6.26 Å². The van der Waals surface area contributed by atoms with Gasteiger partial charge in [-0.25, -0.2) is 8.42 Å². The van der Waals surface area contributed by atoms with Gasteiger partial charge in [-0.2, -0.15) is 0 Å². The zero-order chi connectivity index (χ0) is 14.7. The smallest absolute Gasteiger partial charge is 0.171 e. The number of hydrogen-bond acceptors (Lipinski definition) is 4. The summed E-state index contributed by atoms with van der Waals surface area (Å²) in [5.74, 6) is 0.692. The minimum absolute atomic E-state index is 0.0742. The highest BCUT2D eigenvalue weighted by atomic mass is 32.2. The zero-order valence-corrected chi connectivity index (χ0v) is 13.1. The molecule has 0 aliphatic heterocycles. The lowest BCUT2D eigenvalue weighted by Crippen LogP contribution is -2.26. The fraction of sp³-hybridized carbons (Fsp3) is 0.643. The third kappa shape index (κ3) is 6.25. The van der Waals surface area contributed by atoms with E-state index in [4.69, 9.17) is 9.47 Å². The summed E-state index contributed by atoms with van der Waals surface area (Å²) in [6.07, 6.45) is 6.60. The summed E-state index contributed by atoms with van der Waals surface area (Å²) in [4.78, 5) is 0.415. The molecule has 1 rings (SSSR count). The highest BCUT2D eigenvalue weighted by Crippen LogP contribution is 2.23. The molecule has 0 bridgehead atoms. The van der Waals surface area contributed by atoms with Crippen LogP contribution < -0.4 is 0 Å².